The number of nitrogens with one attached hydrogen (secondary N) is 1. The highest BCUT2D eigenvalue weighted by molar-refractivity contribution is 6.32. The quantitative estimate of drug-likeness (QED) is 0.469. The second-order valence-corrected chi connectivity index (χ2v) is 11.5. The lowest BCUT2D eigenvalue weighted by Crippen LogP contribution is -2.49. The molecule has 0 bridgehead atoms. The summed E-state index contributed by atoms with van der Waals surface area (Å²) in [5.41, 5.74) is 3.88. The van der Waals surface area contributed by atoms with E-state index < -0.39 is 11.6 Å². The van der Waals surface area contributed by atoms with Crippen molar-refractivity contribution in [3.05, 3.63) is 75.8 Å². The summed E-state index contributed by atoms with van der Waals surface area (Å²) in [5, 5.41) is 12.7. The molecule has 2 aromatic carbocycles. The third-order valence-corrected chi connectivity index (χ3v) is 8.86. The molecule has 2 heterocycles. The molecule has 0 spiro atoms. The molecule has 2 fully saturated rings. The maximum atomic E-state index is 14.2. The number of nitrogens with zero attached hydrogens (tertiary/aromatic N) is 4. The first-order valence-electron chi connectivity index (χ1n) is 12.7. The van der Waals surface area contributed by atoms with Crippen LogP contribution in [0, 0.1) is 0 Å². The summed E-state index contributed by atoms with van der Waals surface area (Å²) in [7, 11) is 1.88. The number of fused-ring (bicyclic) bond motifs is 1. The Kier molecular flexibility index (Phi) is 5.50. The van der Waals surface area contributed by atoms with Gasteiger partial charge in [0.25, 0.3) is 5.91 Å². The van der Waals surface area contributed by atoms with Crippen LogP contribution in [-0.2, 0) is 19.0 Å². The summed E-state index contributed by atoms with van der Waals surface area (Å²) in [5.74, 6) is 0.691. The number of amides is 1. The SMILES string of the molecule is C[C@@H](NC1(C)CCC1)c1cc(Cl)c2c(c1)C(=O)N(c1cccc([C@]3(c4nncn4C)C[C@@H](F)C3)c1)C2. The van der Waals surface area contributed by atoms with Crippen LogP contribution >= 0.6 is 11.6 Å². The fourth-order valence-electron chi connectivity index (χ4n) is 6.23. The van der Waals surface area contributed by atoms with E-state index >= 15 is 0 Å². The molecular weight excluding hydrogens is 477 g/mol. The van der Waals surface area contributed by atoms with Gasteiger partial charge in [0, 0.05) is 40.5 Å². The van der Waals surface area contributed by atoms with Gasteiger partial charge >= 0.3 is 0 Å². The van der Waals surface area contributed by atoms with Gasteiger partial charge in [-0.3, -0.25) is 4.79 Å². The van der Waals surface area contributed by atoms with E-state index in [1.54, 1.807) is 11.2 Å². The number of hydrogen-bond acceptors (Lipinski definition) is 4. The van der Waals surface area contributed by atoms with E-state index in [4.69, 9.17) is 11.6 Å². The summed E-state index contributed by atoms with van der Waals surface area (Å²) in [6.07, 6.45) is 5.06. The highest BCUT2D eigenvalue weighted by Crippen LogP contribution is 2.50. The Hall–Kier alpha value is -2.77. The van der Waals surface area contributed by atoms with Gasteiger partial charge < -0.3 is 14.8 Å². The predicted octanol–water partition coefficient (Wildman–Crippen LogP) is 5.64. The highest BCUT2D eigenvalue weighted by atomic mass is 35.5. The zero-order valence-corrected chi connectivity index (χ0v) is 21.6. The third-order valence-electron chi connectivity index (χ3n) is 8.52. The number of rotatable bonds is 6. The fraction of sp³-hybridized carbons (Fsp3) is 0.464. The topological polar surface area (TPSA) is 63.1 Å². The largest absolute Gasteiger partial charge is 0.320 e. The van der Waals surface area contributed by atoms with Crippen LogP contribution < -0.4 is 10.2 Å². The van der Waals surface area contributed by atoms with Crippen molar-refractivity contribution in [3.8, 4) is 0 Å². The average Bonchev–Trinajstić information content (AvgIpc) is 3.39. The number of carbonyl (C=O) groups is 1. The second-order valence-electron chi connectivity index (χ2n) is 11.1. The van der Waals surface area contributed by atoms with Gasteiger partial charge in [0.1, 0.15) is 18.3 Å². The number of aryl methyl sites for hydroxylation is 1. The summed E-state index contributed by atoms with van der Waals surface area (Å²) in [4.78, 5) is 15.4. The minimum atomic E-state index is -0.877. The molecule has 1 aliphatic heterocycles. The van der Waals surface area contributed by atoms with Gasteiger partial charge in [-0.2, -0.15) is 0 Å². The molecule has 0 saturated heterocycles. The Morgan fingerprint density at radius 3 is 2.64 bits per heavy atom. The molecule has 2 saturated carbocycles. The van der Waals surface area contributed by atoms with Crippen molar-refractivity contribution in [2.45, 2.75) is 75.7 Å². The summed E-state index contributed by atoms with van der Waals surface area (Å²) >= 11 is 6.73. The molecule has 2 aliphatic carbocycles. The zero-order valence-electron chi connectivity index (χ0n) is 20.9. The Morgan fingerprint density at radius 2 is 2.00 bits per heavy atom. The van der Waals surface area contributed by atoms with Gasteiger partial charge in [0.05, 0.1) is 12.0 Å². The van der Waals surface area contributed by atoms with Crippen LogP contribution in [0.5, 0.6) is 0 Å². The van der Waals surface area contributed by atoms with Crippen molar-refractivity contribution in [3.63, 3.8) is 0 Å². The van der Waals surface area contributed by atoms with Crippen molar-refractivity contribution in [2.24, 2.45) is 7.05 Å². The molecular formula is C28H31ClFN5O. The van der Waals surface area contributed by atoms with Gasteiger partial charge in [0.2, 0.25) is 0 Å². The van der Waals surface area contributed by atoms with E-state index in [2.05, 4.69) is 29.4 Å². The molecule has 3 aliphatic rings. The van der Waals surface area contributed by atoms with E-state index in [1.165, 1.54) is 6.42 Å². The molecule has 1 aromatic heterocycles. The fourth-order valence-corrected chi connectivity index (χ4v) is 6.52. The molecule has 188 valence electrons. The van der Waals surface area contributed by atoms with E-state index in [-0.39, 0.29) is 17.5 Å². The molecule has 0 radical (unpaired) electrons. The maximum Gasteiger partial charge on any atom is 0.258 e. The number of anilines is 1. The van der Waals surface area contributed by atoms with Gasteiger partial charge in [-0.15, -0.1) is 10.2 Å². The Balaban J connectivity index is 1.30. The van der Waals surface area contributed by atoms with Crippen LogP contribution in [0.4, 0.5) is 10.1 Å². The number of hydrogen-bond donors (Lipinski definition) is 1. The number of carbonyl (C=O) groups excluding carboxylic acids is 1. The van der Waals surface area contributed by atoms with E-state index in [0.29, 0.717) is 30.0 Å². The first-order valence-corrected chi connectivity index (χ1v) is 13.1. The Bertz CT molecular complexity index is 1340. The minimum Gasteiger partial charge on any atom is -0.320 e. The highest BCUT2D eigenvalue weighted by Gasteiger charge is 2.50. The zero-order chi connectivity index (χ0) is 25.2. The molecule has 1 amide bonds. The molecule has 0 unspecified atom stereocenters. The minimum absolute atomic E-state index is 0.0577. The van der Waals surface area contributed by atoms with Crippen LogP contribution in [0.1, 0.15) is 84.9 Å². The van der Waals surface area contributed by atoms with Crippen molar-refractivity contribution in [2.75, 3.05) is 4.90 Å². The van der Waals surface area contributed by atoms with Gasteiger partial charge in [-0.1, -0.05) is 23.7 Å². The summed E-state index contributed by atoms with van der Waals surface area (Å²) < 4.78 is 16.1. The van der Waals surface area contributed by atoms with Crippen molar-refractivity contribution >= 4 is 23.2 Å². The maximum absolute atomic E-state index is 14.2. The van der Waals surface area contributed by atoms with Crippen LogP contribution in [0.3, 0.4) is 0 Å². The van der Waals surface area contributed by atoms with Gasteiger partial charge in [-0.25, -0.2) is 4.39 Å². The van der Waals surface area contributed by atoms with Crippen molar-refractivity contribution in [1.82, 2.24) is 20.1 Å². The first-order chi connectivity index (χ1) is 17.2. The lowest BCUT2D eigenvalue weighted by atomic mass is 9.62. The van der Waals surface area contributed by atoms with Crippen LogP contribution in [0.2, 0.25) is 5.02 Å². The Labute approximate surface area is 215 Å². The number of benzene rings is 2. The molecule has 36 heavy (non-hydrogen) atoms. The normalized spacial score (nSPS) is 25.3. The number of alkyl halides is 1. The van der Waals surface area contributed by atoms with Gasteiger partial charge in [-0.05, 0) is 81.3 Å². The molecule has 1 atom stereocenters. The van der Waals surface area contributed by atoms with Crippen molar-refractivity contribution in [1.29, 1.82) is 0 Å². The first kappa shape index (κ1) is 23.6. The summed E-state index contributed by atoms with van der Waals surface area (Å²) in [6, 6.07) is 11.9. The lowest BCUT2D eigenvalue weighted by molar-refractivity contribution is 0.0995. The second kappa shape index (κ2) is 8.38. The monoisotopic (exact) mass is 507 g/mol. The van der Waals surface area contributed by atoms with E-state index in [1.807, 2.05) is 48.0 Å². The molecule has 1 N–H and O–H groups in total. The van der Waals surface area contributed by atoms with Crippen LogP contribution in [0.15, 0.2) is 42.7 Å². The molecule has 6 rings (SSSR count). The van der Waals surface area contributed by atoms with E-state index in [0.717, 1.165) is 41.0 Å². The molecule has 3 aromatic rings. The van der Waals surface area contributed by atoms with Crippen LogP contribution in [0.25, 0.3) is 0 Å². The smallest absolute Gasteiger partial charge is 0.258 e. The van der Waals surface area contributed by atoms with E-state index in [9.17, 15) is 9.18 Å². The standard InChI is InChI=1S/C28H31ClFN5O/c1-17(32-27(2)8-5-9-27)18-10-22-23(24(29)11-18)15-35(25(22)36)21-7-4-6-19(12-21)28(13-20(30)14-28)26-33-31-16-34(26)3/h4,6-7,10-12,16-17,20,32H,5,8-9,13-15H2,1-3H3/t17-,20-,28+/m1/s1. The predicted molar refractivity (Wildman–Crippen MR) is 138 cm³/mol. The number of halogens is 2. The molecule has 6 nitrogen and oxygen atoms in total. The lowest BCUT2D eigenvalue weighted by Gasteiger charge is -2.43. The Morgan fingerprint density at radius 1 is 1.22 bits per heavy atom. The van der Waals surface area contributed by atoms with Crippen molar-refractivity contribution < 1.29 is 9.18 Å². The van der Waals surface area contributed by atoms with Gasteiger partial charge in [0.15, 0.2) is 0 Å². The van der Waals surface area contributed by atoms with Crippen LogP contribution in [-0.4, -0.2) is 32.4 Å². The average molecular weight is 508 g/mol. The number of aromatic nitrogens is 3. The third kappa shape index (κ3) is 3.67. The molecule has 8 heteroatoms. The summed E-state index contributed by atoms with van der Waals surface area (Å²) in [6.45, 7) is 4.80.